The van der Waals surface area contributed by atoms with E-state index in [4.69, 9.17) is 4.74 Å². The highest BCUT2D eigenvalue weighted by Gasteiger charge is 2.16. The number of carbonyl (C=O) groups is 1. The van der Waals surface area contributed by atoms with Gasteiger partial charge in [0.25, 0.3) is 0 Å². The van der Waals surface area contributed by atoms with E-state index in [-0.39, 0.29) is 11.7 Å². The molecule has 7 nitrogen and oxygen atoms in total. The summed E-state index contributed by atoms with van der Waals surface area (Å²) >= 11 is 1.35. The lowest BCUT2D eigenvalue weighted by Crippen LogP contribution is -2.15. The van der Waals surface area contributed by atoms with Gasteiger partial charge in [0.1, 0.15) is 5.75 Å². The molecule has 0 radical (unpaired) electrons. The van der Waals surface area contributed by atoms with Crippen molar-refractivity contribution >= 4 is 39.8 Å². The Morgan fingerprint density at radius 2 is 1.65 bits per heavy atom. The fourth-order valence-electron chi connectivity index (χ4n) is 4.03. The summed E-state index contributed by atoms with van der Waals surface area (Å²) in [6, 6.07) is 31.8. The highest BCUT2D eigenvalue weighted by molar-refractivity contribution is 7.99. The van der Waals surface area contributed by atoms with E-state index in [0.29, 0.717) is 18.3 Å². The number of hydrogen-bond acceptors (Lipinski definition) is 6. The standard InChI is InChI=1S/C29H27N5O2S/c1-2-36-24-17-15-22(16-18-24)31-28(35)20-37-29-33-32-27(34(29)23-11-4-3-5-12-23)19-30-26-14-8-10-21-9-6-7-13-25(21)26/h3-18,30H,2,19-20H2,1H3,(H,31,35). The van der Waals surface area contributed by atoms with E-state index in [1.54, 1.807) is 0 Å². The number of benzene rings is 4. The smallest absolute Gasteiger partial charge is 0.234 e. The minimum atomic E-state index is -0.118. The second-order valence-corrected chi connectivity index (χ2v) is 9.19. The number of aromatic nitrogens is 3. The molecule has 0 aliphatic carbocycles. The van der Waals surface area contributed by atoms with Crippen molar-refractivity contribution in [2.45, 2.75) is 18.6 Å². The number of carbonyl (C=O) groups excluding carboxylic acids is 1. The van der Waals surface area contributed by atoms with Crippen molar-refractivity contribution in [1.29, 1.82) is 0 Å². The summed E-state index contributed by atoms with van der Waals surface area (Å²) in [6.07, 6.45) is 0. The van der Waals surface area contributed by atoms with Gasteiger partial charge >= 0.3 is 0 Å². The molecule has 5 aromatic rings. The zero-order valence-corrected chi connectivity index (χ0v) is 21.2. The van der Waals surface area contributed by atoms with Gasteiger partial charge in [0.15, 0.2) is 11.0 Å². The van der Waals surface area contributed by atoms with Crippen molar-refractivity contribution in [2.75, 3.05) is 23.0 Å². The Labute approximate surface area is 219 Å². The maximum absolute atomic E-state index is 12.7. The molecule has 186 valence electrons. The second kappa shape index (κ2) is 11.6. The first kappa shape index (κ1) is 24.4. The van der Waals surface area contributed by atoms with Crippen LogP contribution in [0.15, 0.2) is 102 Å². The van der Waals surface area contributed by atoms with Crippen LogP contribution in [0.4, 0.5) is 11.4 Å². The molecular weight excluding hydrogens is 482 g/mol. The van der Waals surface area contributed by atoms with Crippen LogP contribution in [0.1, 0.15) is 12.7 Å². The molecule has 0 bridgehead atoms. The molecule has 5 rings (SSSR count). The van der Waals surface area contributed by atoms with E-state index < -0.39 is 0 Å². The third-order valence-corrected chi connectivity index (χ3v) is 6.65. The third-order valence-electron chi connectivity index (χ3n) is 5.72. The number of para-hydroxylation sites is 1. The predicted octanol–water partition coefficient (Wildman–Crippen LogP) is 6.16. The zero-order chi connectivity index (χ0) is 25.5. The Bertz CT molecular complexity index is 1480. The lowest BCUT2D eigenvalue weighted by atomic mass is 10.1. The molecule has 1 amide bonds. The molecule has 4 aromatic carbocycles. The van der Waals surface area contributed by atoms with Crippen LogP contribution in [0.5, 0.6) is 5.75 Å². The molecule has 1 heterocycles. The summed E-state index contributed by atoms with van der Waals surface area (Å²) in [6.45, 7) is 3.02. The monoisotopic (exact) mass is 509 g/mol. The predicted molar refractivity (Wildman–Crippen MR) is 150 cm³/mol. The van der Waals surface area contributed by atoms with E-state index >= 15 is 0 Å². The van der Waals surface area contributed by atoms with Gasteiger partial charge in [0.2, 0.25) is 5.91 Å². The highest BCUT2D eigenvalue weighted by atomic mass is 32.2. The highest BCUT2D eigenvalue weighted by Crippen LogP contribution is 2.26. The molecule has 8 heteroatoms. The van der Waals surface area contributed by atoms with E-state index in [0.717, 1.165) is 34.0 Å². The van der Waals surface area contributed by atoms with Gasteiger partial charge in [-0.2, -0.15) is 0 Å². The number of nitrogens with one attached hydrogen (secondary N) is 2. The molecule has 0 unspecified atom stereocenters. The number of rotatable bonds is 10. The van der Waals surface area contributed by atoms with Crippen molar-refractivity contribution in [1.82, 2.24) is 14.8 Å². The number of amides is 1. The molecule has 37 heavy (non-hydrogen) atoms. The van der Waals surface area contributed by atoms with Crippen LogP contribution >= 0.6 is 11.8 Å². The SMILES string of the molecule is CCOc1ccc(NC(=O)CSc2nnc(CNc3cccc4ccccc34)n2-c2ccccc2)cc1. The van der Waals surface area contributed by atoms with Gasteiger partial charge < -0.3 is 15.4 Å². The number of hydrogen-bond donors (Lipinski definition) is 2. The average Bonchev–Trinajstić information content (AvgIpc) is 3.35. The maximum atomic E-state index is 12.7. The summed E-state index contributed by atoms with van der Waals surface area (Å²) in [5.74, 6) is 1.62. The molecule has 0 saturated carbocycles. The van der Waals surface area contributed by atoms with E-state index in [2.05, 4.69) is 45.1 Å². The normalized spacial score (nSPS) is 10.8. The van der Waals surface area contributed by atoms with E-state index in [9.17, 15) is 4.79 Å². The minimum Gasteiger partial charge on any atom is -0.494 e. The Balaban J connectivity index is 1.31. The summed E-state index contributed by atoms with van der Waals surface area (Å²) in [4.78, 5) is 12.7. The Kier molecular flexibility index (Phi) is 7.66. The van der Waals surface area contributed by atoms with Gasteiger partial charge in [0.05, 0.1) is 18.9 Å². The molecule has 0 spiro atoms. The molecule has 0 fully saturated rings. The number of thioether (sulfide) groups is 1. The van der Waals surface area contributed by atoms with Gasteiger partial charge in [0, 0.05) is 22.4 Å². The lowest BCUT2D eigenvalue weighted by molar-refractivity contribution is -0.113. The minimum absolute atomic E-state index is 0.118. The van der Waals surface area contributed by atoms with Crippen LogP contribution in [-0.4, -0.2) is 33.0 Å². The van der Waals surface area contributed by atoms with Crippen molar-refractivity contribution in [3.05, 3.63) is 103 Å². The van der Waals surface area contributed by atoms with Gasteiger partial charge in [-0.05, 0) is 54.8 Å². The summed E-state index contributed by atoms with van der Waals surface area (Å²) in [7, 11) is 0. The number of fused-ring (bicyclic) bond motifs is 1. The quantitative estimate of drug-likeness (QED) is 0.219. The summed E-state index contributed by atoms with van der Waals surface area (Å²) < 4.78 is 7.45. The summed E-state index contributed by atoms with van der Waals surface area (Å²) in [5, 5.41) is 18.3. The Hall–Kier alpha value is -4.30. The number of nitrogens with zero attached hydrogens (tertiary/aromatic N) is 3. The van der Waals surface area contributed by atoms with Crippen LogP contribution in [0.25, 0.3) is 16.5 Å². The largest absolute Gasteiger partial charge is 0.494 e. The lowest BCUT2D eigenvalue weighted by Gasteiger charge is -2.13. The molecule has 0 aliphatic rings. The fourth-order valence-corrected chi connectivity index (χ4v) is 4.80. The summed E-state index contributed by atoms with van der Waals surface area (Å²) in [5.41, 5.74) is 2.69. The average molecular weight is 510 g/mol. The molecule has 0 atom stereocenters. The molecule has 1 aromatic heterocycles. The Morgan fingerprint density at radius 1 is 0.892 bits per heavy atom. The fraction of sp³-hybridized carbons (Fsp3) is 0.138. The van der Waals surface area contributed by atoms with Crippen LogP contribution < -0.4 is 15.4 Å². The van der Waals surface area contributed by atoms with E-state index in [1.807, 2.05) is 84.3 Å². The van der Waals surface area contributed by atoms with Gasteiger partial charge in [-0.15, -0.1) is 10.2 Å². The molecule has 0 aliphatic heterocycles. The molecule has 0 saturated heterocycles. The van der Waals surface area contributed by atoms with Crippen LogP contribution in [0.3, 0.4) is 0 Å². The number of anilines is 2. The van der Waals surface area contributed by atoms with Gasteiger partial charge in [-0.3, -0.25) is 9.36 Å². The first-order valence-electron chi connectivity index (χ1n) is 12.1. The maximum Gasteiger partial charge on any atom is 0.234 e. The molecular formula is C29H27N5O2S. The van der Waals surface area contributed by atoms with Crippen LogP contribution in [0.2, 0.25) is 0 Å². The first-order chi connectivity index (χ1) is 18.2. The molecule has 2 N–H and O–H groups in total. The first-order valence-corrected chi connectivity index (χ1v) is 13.1. The number of ether oxygens (including phenoxy) is 1. The topological polar surface area (TPSA) is 81.1 Å². The van der Waals surface area contributed by atoms with E-state index in [1.165, 1.54) is 17.1 Å². The van der Waals surface area contributed by atoms with Crippen molar-refractivity contribution < 1.29 is 9.53 Å². The van der Waals surface area contributed by atoms with Crippen molar-refractivity contribution in [2.24, 2.45) is 0 Å². The van der Waals surface area contributed by atoms with Gasteiger partial charge in [-0.25, -0.2) is 0 Å². The second-order valence-electron chi connectivity index (χ2n) is 8.24. The van der Waals surface area contributed by atoms with Crippen LogP contribution in [0, 0.1) is 0 Å². The van der Waals surface area contributed by atoms with Gasteiger partial charge in [-0.1, -0.05) is 66.4 Å². The Morgan fingerprint density at radius 3 is 2.46 bits per heavy atom. The van der Waals surface area contributed by atoms with Crippen molar-refractivity contribution in [3.63, 3.8) is 0 Å². The van der Waals surface area contributed by atoms with Crippen molar-refractivity contribution in [3.8, 4) is 11.4 Å². The van der Waals surface area contributed by atoms with Crippen LogP contribution in [-0.2, 0) is 11.3 Å². The third kappa shape index (κ3) is 5.92. The zero-order valence-electron chi connectivity index (χ0n) is 20.4.